The van der Waals surface area contributed by atoms with Crippen LogP contribution in [-0.4, -0.2) is 9.97 Å². The average Bonchev–Trinajstić information content (AvgIpc) is 1.88. The predicted molar refractivity (Wildman–Crippen MR) is 35.7 cm³/mol. The third kappa shape index (κ3) is 1.12. The summed E-state index contributed by atoms with van der Waals surface area (Å²) < 4.78 is 11.9. The van der Waals surface area contributed by atoms with Gasteiger partial charge in [0, 0.05) is 11.8 Å². The SMILES string of the molecule is Nc1ncc(CF)c(N)n1. The quantitative estimate of drug-likeness (QED) is 0.583. The van der Waals surface area contributed by atoms with Crippen LogP contribution in [0.15, 0.2) is 6.20 Å². The molecule has 0 atom stereocenters. The second kappa shape index (κ2) is 2.47. The Balaban J connectivity index is 3.07. The van der Waals surface area contributed by atoms with Gasteiger partial charge in [-0.1, -0.05) is 0 Å². The lowest BCUT2D eigenvalue weighted by atomic mass is 10.3. The summed E-state index contributed by atoms with van der Waals surface area (Å²) >= 11 is 0. The van der Waals surface area contributed by atoms with Crippen molar-refractivity contribution in [2.75, 3.05) is 11.5 Å². The van der Waals surface area contributed by atoms with Gasteiger partial charge in [0.1, 0.15) is 12.5 Å². The van der Waals surface area contributed by atoms with Crippen molar-refractivity contribution in [1.82, 2.24) is 9.97 Å². The molecule has 0 saturated heterocycles. The Morgan fingerprint density at radius 3 is 2.70 bits per heavy atom. The first-order valence-corrected chi connectivity index (χ1v) is 2.67. The van der Waals surface area contributed by atoms with Gasteiger partial charge in [-0.3, -0.25) is 0 Å². The van der Waals surface area contributed by atoms with Gasteiger partial charge >= 0.3 is 0 Å². The van der Waals surface area contributed by atoms with Crippen molar-refractivity contribution in [2.45, 2.75) is 6.67 Å². The van der Waals surface area contributed by atoms with Crippen molar-refractivity contribution < 1.29 is 4.39 Å². The van der Waals surface area contributed by atoms with Gasteiger partial charge in [-0.25, -0.2) is 9.37 Å². The van der Waals surface area contributed by atoms with E-state index in [1.165, 1.54) is 6.20 Å². The van der Waals surface area contributed by atoms with Crippen LogP contribution >= 0.6 is 0 Å². The summed E-state index contributed by atoms with van der Waals surface area (Å²) in [5.41, 5.74) is 10.7. The normalized spacial score (nSPS) is 9.70. The Morgan fingerprint density at radius 1 is 1.50 bits per heavy atom. The van der Waals surface area contributed by atoms with Crippen molar-refractivity contribution in [3.05, 3.63) is 11.8 Å². The molecule has 0 unspecified atom stereocenters. The van der Waals surface area contributed by atoms with Crippen LogP contribution in [0.2, 0.25) is 0 Å². The van der Waals surface area contributed by atoms with Gasteiger partial charge in [-0.05, 0) is 0 Å². The number of aromatic nitrogens is 2. The van der Waals surface area contributed by atoms with Gasteiger partial charge in [0.05, 0.1) is 0 Å². The van der Waals surface area contributed by atoms with Crippen LogP contribution in [0.25, 0.3) is 0 Å². The molecule has 54 valence electrons. The topological polar surface area (TPSA) is 77.8 Å². The zero-order valence-corrected chi connectivity index (χ0v) is 5.21. The van der Waals surface area contributed by atoms with E-state index in [4.69, 9.17) is 11.5 Å². The van der Waals surface area contributed by atoms with Crippen LogP contribution in [0.3, 0.4) is 0 Å². The maximum absolute atomic E-state index is 11.9. The third-order valence-corrected chi connectivity index (χ3v) is 1.06. The molecule has 1 aromatic rings. The number of nitrogens with two attached hydrogens (primary N) is 2. The van der Waals surface area contributed by atoms with E-state index < -0.39 is 6.67 Å². The average molecular weight is 142 g/mol. The lowest BCUT2D eigenvalue weighted by Gasteiger charge is -1.98. The van der Waals surface area contributed by atoms with Crippen LogP contribution in [0.1, 0.15) is 5.56 Å². The molecule has 10 heavy (non-hydrogen) atoms. The van der Waals surface area contributed by atoms with E-state index in [-0.39, 0.29) is 17.3 Å². The van der Waals surface area contributed by atoms with Crippen molar-refractivity contribution >= 4 is 11.8 Å². The van der Waals surface area contributed by atoms with E-state index in [0.717, 1.165) is 0 Å². The number of rotatable bonds is 1. The monoisotopic (exact) mass is 142 g/mol. The summed E-state index contributed by atoms with van der Waals surface area (Å²) in [6, 6.07) is 0. The first-order chi connectivity index (χ1) is 4.74. The molecule has 0 aliphatic heterocycles. The molecule has 0 amide bonds. The van der Waals surface area contributed by atoms with Gasteiger partial charge in [-0.2, -0.15) is 4.98 Å². The molecule has 0 fully saturated rings. The molecular weight excluding hydrogens is 135 g/mol. The van der Waals surface area contributed by atoms with Crippen molar-refractivity contribution in [2.24, 2.45) is 0 Å². The molecule has 0 bridgehead atoms. The Kier molecular flexibility index (Phi) is 1.66. The van der Waals surface area contributed by atoms with Crippen LogP contribution in [-0.2, 0) is 6.67 Å². The Labute approximate surface area is 57.1 Å². The highest BCUT2D eigenvalue weighted by molar-refractivity contribution is 5.40. The highest BCUT2D eigenvalue weighted by atomic mass is 19.1. The summed E-state index contributed by atoms with van der Waals surface area (Å²) in [7, 11) is 0. The standard InChI is InChI=1S/C5H7FN4/c6-1-3-2-9-5(8)10-4(3)7/h2H,1H2,(H4,7,8,9,10). The van der Waals surface area contributed by atoms with Gasteiger partial charge in [0.15, 0.2) is 0 Å². The van der Waals surface area contributed by atoms with E-state index in [0.29, 0.717) is 0 Å². The van der Waals surface area contributed by atoms with Gasteiger partial charge in [0.25, 0.3) is 0 Å². The smallest absolute Gasteiger partial charge is 0.221 e. The highest BCUT2D eigenvalue weighted by Gasteiger charge is 1.99. The molecule has 0 aliphatic carbocycles. The van der Waals surface area contributed by atoms with Crippen molar-refractivity contribution in [1.29, 1.82) is 0 Å². The van der Waals surface area contributed by atoms with Gasteiger partial charge in [-0.15, -0.1) is 0 Å². The molecule has 4 N–H and O–H groups in total. The number of halogens is 1. The molecule has 1 aromatic heterocycles. The van der Waals surface area contributed by atoms with Crippen LogP contribution in [0.4, 0.5) is 16.2 Å². The molecule has 4 nitrogen and oxygen atoms in total. The Hall–Kier alpha value is -1.39. The maximum Gasteiger partial charge on any atom is 0.221 e. The Bertz CT molecular complexity index is 237. The Morgan fingerprint density at radius 2 is 2.20 bits per heavy atom. The van der Waals surface area contributed by atoms with E-state index in [1.807, 2.05) is 0 Å². The van der Waals surface area contributed by atoms with E-state index in [2.05, 4.69) is 9.97 Å². The summed E-state index contributed by atoms with van der Waals surface area (Å²) in [6.45, 7) is -0.661. The largest absolute Gasteiger partial charge is 0.383 e. The second-order valence-electron chi connectivity index (χ2n) is 1.77. The molecule has 1 heterocycles. The zero-order chi connectivity index (χ0) is 7.56. The predicted octanol–water partition coefficient (Wildman–Crippen LogP) is 0.110. The molecule has 0 aliphatic rings. The number of alkyl halides is 1. The molecule has 0 aromatic carbocycles. The summed E-state index contributed by atoms with van der Waals surface area (Å²) in [5.74, 6) is 0.171. The first kappa shape index (κ1) is 6.73. The van der Waals surface area contributed by atoms with Crippen LogP contribution in [0, 0.1) is 0 Å². The van der Waals surface area contributed by atoms with E-state index in [9.17, 15) is 4.39 Å². The lowest BCUT2D eigenvalue weighted by molar-refractivity contribution is 0.484. The minimum absolute atomic E-state index is 0.0645. The van der Waals surface area contributed by atoms with Gasteiger partial charge < -0.3 is 11.5 Å². The minimum Gasteiger partial charge on any atom is -0.383 e. The van der Waals surface area contributed by atoms with Crippen molar-refractivity contribution in [3.63, 3.8) is 0 Å². The van der Waals surface area contributed by atoms with Gasteiger partial charge in [0.2, 0.25) is 5.95 Å². The molecule has 0 spiro atoms. The van der Waals surface area contributed by atoms with Crippen LogP contribution < -0.4 is 11.5 Å². The number of nitrogen functional groups attached to an aromatic ring is 2. The number of nitrogens with zero attached hydrogens (tertiary/aromatic N) is 2. The molecule has 5 heteroatoms. The first-order valence-electron chi connectivity index (χ1n) is 2.67. The summed E-state index contributed by atoms with van der Waals surface area (Å²) in [6.07, 6.45) is 1.28. The molecule has 0 radical (unpaired) electrons. The molecule has 1 rings (SSSR count). The van der Waals surface area contributed by atoms with Crippen molar-refractivity contribution in [3.8, 4) is 0 Å². The lowest BCUT2D eigenvalue weighted by Crippen LogP contribution is -2.02. The molecular formula is C5H7FN4. The number of hydrogen-bond acceptors (Lipinski definition) is 4. The maximum atomic E-state index is 11.9. The zero-order valence-electron chi connectivity index (χ0n) is 5.21. The third-order valence-electron chi connectivity index (χ3n) is 1.06. The fraction of sp³-hybridized carbons (Fsp3) is 0.200. The van der Waals surface area contributed by atoms with E-state index >= 15 is 0 Å². The fourth-order valence-electron chi connectivity index (χ4n) is 0.537. The fourth-order valence-corrected chi connectivity index (χ4v) is 0.537. The minimum atomic E-state index is -0.661. The molecule has 0 saturated carbocycles. The van der Waals surface area contributed by atoms with E-state index in [1.54, 1.807) is 0 Å². The number of anilines is 2. The highest BCUT2D eigenvalue weighted by Crippen LogP contribution is 2.08. The van der Waals surface area contributed by atoms with Crippen LogP contribution in [0.5, 0.6) is 0 Å². The summed E-state index contributed by atoms with van der Waals surface area (Å²) in [4.78, 5) is 7.11. The summed E-state index contributed by atoms with van der Waals surface area (Å²) in [5, 5.41) is 0. The second-order valence-corrected chi connectivity index (χ2v) is 1.77. The number of hydrogen-bond donors (Lipinski definition) is 2.